The Morgan fingerprint density at radius 1 is 1.33 bits per heavy atom. The first-order valence-electron chi connectivity index (χ1n) is 7.96. The molecule has 0 spiro atoms. The number of rotatable bonds is 10. The van der Waals surface area contributed by atoms with Gasteiger partial charge in [-0.1, -0.05) is 26.7 Å². The second kappa shape index (κ2) is 7.42. The second-order valence-electron chi connectivity index (χ2n) is 5.77. The van der Waals surface area contributed by atoms with Crippen LogP contribution in [0, 0.1) is 5.92 Å². The summed E-state index contributed by atoms with van der Waals surface area (Å²) in [6, 6.07) is 1.79. The maximum absolute atomic E-state index is 12.3. The first kappa shape index (κ1) is 16.5. The first-order valence-corrected chi connectivity index (χ1v) is 9.44. The molecule has 120 valence electrons. The number of sulfonamides is 1. The van der Waals surface area contributed by atoms with Crippen molar-refractivity contribution in [3.05, 3.63) is 18.0 Å². The van der Waals surface area contributed by atoms with Crippen molar-refractivity contribution in [3.8, 4) is 0 Å². The monoisotopic (exact) mass is 313 g/mol. The third-order valence-corrected chi connectivity index (χ3v) is 5.26. The molecular weight excluding hydrogens is 286 g/mol. The van der Waals surface area contributed by atoms with Crippen molar-refractivity contribution in [2.45, 2.75) is 57.5 Å². The van der Waals surface area contributed by atoms with Gasteiger partial charge in [-0.25, -0.2) is 13.1 Å². The van der Waals surface area contributed by atoms with Crippen molar-refractivity contribution in [2.75, 3.05) is 13.1 Å². The lowest BCUT2D eigenvalue weighted by atomic mass is 10.3. The van der Waals surface area contributed by atoms with Gasteiger partial charge in [-0.15, -0.1) is 0 Å². The fourth-order valence-corrected chi connectivity index (χ4v) is 3.52. The van der Waals surface area contributed by atoms with Gasteiger partial charge in [0.25, 0.3) is 0 Å². The minimum absolute atomic E-state index is 0.389. The molecular formula is C15H27N3O2S. The lowest BCUT2D eigenvalue weighted by Gasteiger charge is -2.07. The molecule has 1 fully saturated rings. The average molecular weight is 313 g/mol. The predicted octanol–water partition coefficient (Wildman–Crippen LogP) is 2.09. The maximum atomic E-state index is 12.3. The topological polar surface area (TPSA) is 63.1 Å². The Morgan fingerprint density at radius 2 is 2.10 bits per heavy atom. The third-order valence-electron chi connectivity index (χ3n) is 3.83. The maximum Gasteiger partial charge on any atom is 0.242 e. The van der Waals surface area contributed by atoms with E-state index in [-0.39, 0.29) is 0 Å². The average Bonchev–Trinajstić information content (AvgIpc) is 3.16. The molecule has 21 heavy (non-hydrogen) atoms. The van der Waals surface area contributed by atoms with Crippen LogP contribution in [0.2, 0.25) is 0 Å². The van der Waals surface area contributed by atoms with Crippen LogP contribution in [0.25, 0.3) is 0 Å². The minimum Gasteiger partial charge on any atom is -0.349 e. The zero-order valence-electron chi connectivity index (χ0n) is 13.1. The molecule has 0 aromatic carbocycles. The Labute approximate surface area is 128 Å². The zero-order chi connectivity index (χ0) is 15.3. The van der Waals surface area contributed by atoms with Gasteiger partial charge in [-0.2, -0.15) is 0 Å². The van der Waals surface area contributed by atoms with E-state index < -0.39 is 10.0 Å². The van der Waals surface area contributed by atoms with E-state index in [1.807, 2.05) is 11.5 Å². The highest BCUT2D eigenvalue weighted by Gasteiger charge is 2.23. The molecule has 1 heterocycles. The highest BCUT2D eigenvalue weighted by Crippen LogP contribution is 2.31. The molecule has 2 N–H and O–H groups in total. The van der Waals surface area contributed by atoms with Crippen LogP contribution >= 0.6 is 0 Å². The largest absolute Gasteiger partial charge is 0.349 e. The van der Waals surface area contributed by atoms with Crippen LogP contribution in [-0.2, 0) is 23.1 Å². The van der Waals surface area contributed by atoms with Gasteiger partial charge in [0.1, 0.15) is 0 Å². The number of hydrogen-bond donors (Lipinski definition) is 2. The summed E-state index contributed by atoms with van der Waals surface area (Å²) < 4.78 is 29.4. The molecule has 0 atom stereocenters. The number of hydrogen-bond acceptors (Lipinski definition) is 3. The van der Waals surface area contributed by atoms with E-state index in [2.05, 4.69) is 17.0 Å². The molecule has 0 radical (unpaired) electrons. The lowest BCUT2D eigenvalue weighted by Crippen LogP contribution is -2.24. The molecule has 6 heteroatoms. The lowest BCUT2D eigenvalue weighted by molar-refractivity contribution is 0.574. The third kappa shape index (κ3) is 4.83. The van der Waals surface area contributed by atoms with E-state index in [1.165, 1.54) is 12.8 Å². The fraction of sp³-hybridized carbons (Fsp3) is 0.733. The Morgan fingerprint density at radius 3 is 2.71 bits per heavy atom. The highest BCUT2D eigenvalue weighted by molar-refractivity contribution is 7.89. The summed E-state index contributed by atoms with van der Waals surface area (Å²) in [5.74, 6) is 0.738. The molecule has 1 saturated carbocycles. The number of nitrogens with one attached hydrogen (secondary N) is 2. The second-order valence-corrected chi connectivity index (χ2v) is 7.54. The minimum atomic E-state index is -3.37. The van der Waals surface area contributed by atoms with Gasteiger partial charge in [0.2, 0.25) is 10.0 Å². The van der Waals surface area contributed by atoms with Crippen molar-refractivity contribution in [2.24, 2.45) is 5.92 Å². The van der Waals surface area contributed by atoms with Crippen LogP contribution in [-0.4, -0.2) is 26.1 Å². The summed E-state index contributed by atoms with van der Waals surface area (Å²) >= 11 is 0. The van der Waals surface area contributed by atoms with E-state index in [1.54, 1.807) is 12.3 Å². The zero-order valence-corrected chi connectivity index (χ0v) is 13.9. The summed E-state index contributed by atoms with van der Waals surface area (Å²) in [4.78, 5) is 0.389. The number of aryl methyl sites for hydroxylation is 1. The molecule has 0 bridgehead atoms. The summed E-state index contributed by atoms with van der Waals surface area (Å²) in [6.45, 7) is 7.11. The highest BCUT2D eigenvalue weighted by atomic mass is 32.2. The first-order chi connectivity index (χ1) is 10.1. The van der Waals surface area contributed by atoms with Crippen molar-refractivity contribution < 1.29 is 8.42 Å². The van der Waals surface area contributed by atoms with Crippen molar-refractivity contribution >= 4 is 10.0 Å². The van der Waals surface area contributed by atoms with E-state index in [4.69, 9.17) is 0 Å². The Kier molecular flexibility index (Phi) is 5.84. The van der Waals surface area contributed by atoms with Gasteiger partial charge in [0, 0.05) is 31.5 Å². The summed E-state index contributed by atoms with van der Waals surface area (Å²) in [5.41, 5.74) is 1.03. The SMILES string of the molecule is CCCn1cc(S(=O)(=O)NCCC2CC2)cc1CNCC. The van der Waals surface area contributed by atoms with Crippen LogP contribution < -0.4 is 10.0 Å². The quantitative estimate of drug-likeness (QED) is 0.695. The van der Waals surface area contributed by atoms with E-state index in [0.717, 1.165) is 37.5 Å². The van der Waals surface area contributed by atoms with E-state index >= 15 is 0 Å². The van der Waals surface area contributed by atoms with Gasteiger partial charge in [0.15, 0.2) is 0 Å². The van der Waals surface area contributed by atoms with Crippen LogP contribution in [0.3, 0.4) is 0 Å². The molecule has 1 aromatic rings. The van der Waals surface area contributed by atoms with Crippen molar-refractivity contribution in [1.29, 1.82) is 0 Å². The van der Waals surface area contributed by atoms with Gasteiger partial charge in [0.05, 0.1) is 4.90 Å². The smallest absolute Gasteiger partial charge is 0.242 e. The van der Waals surface area contributed by atoms with Gasteiger partial charge in [-0.3, -0.25) is 0 Å². The fourth-order valence-electron chi connectivity index (χ4n) is 2.41. The van der Waals surface area contributed by atoms with E-state index in [9.17, 15) is 8.42 Å². The summed E-state index contributed by atoms with van der Waals surface area (Å²) in [6.07, 6.45) is 6.21. The number of aromatic nitrogens is 1. The van der Waals surface area contributed by atoms with Gasteiger partial charge >= 0.3 is 0 Å². The van der Waals surface area contributed by atoms with Crippen LogP contribution in [0.5, 0.6) is 0 Å². The normalized spacial score (nSPS) is 15.5. The summed E-state index contributed by atoms with van der Waals surface area (Å²) in [5, 5.41) is 3.26. The molecule has 0 amide bonds. The Hall–Kier alpha value is -0.850. The predicted molar refractivity (Wildman–Crippen MR) is 84.6 cm³/mol. The van der Waals surface area contributed by atoms with Gasteiger partial charge < -0.3 is 9.88 Å². The van der Waals surface area contributed by atoms with Crippen LogP contribution in [0.4, 0.5) is 0 Å². The molecule has 0 aliphatic heterocycles. The molecule has 2 rings (SSSR count). The molecule has 1 aliphatic carbocycles. The molecule has 0 unspecified atom stereocenters. The summed E-state index contributed by atoms with van der Waals surface area (Å²) in [7, 11) is -3.37. The molecule has 5 nitrogen and oxygen atoms in total. The molecule has 1 aromatic heterocycles. The molecule has 0 saturated heterocycles. The number of nitrogens with zero attached hydrogens (tertiary/aromatic N) is 1. The van der Waals surface area contributed by atoms with E-state index in [0.29, 0.717) is 18.0 Å². The molecule has 1 aliphatic rings. The van der Waals surface area contributed by atoms with Crippen molar-refractivity contribution in [3.63, 3.8) is 0 Å². The van der Waals surface area contributed by atoms with Crippen LogP contribution in [0.15, 0.2) is 17.2 Å². The standard InChI is InChI=1S/C15H27N3O2S/c1-3-9-18-12-15(10-14(18)11-16-4-2)21(19,20)17-8-7-13-5-6-13/h10,12-13,16-17H,3-9,11H2,1-2H3. The Bertz CT molecular complexity index is 547. The van der Waals surface area contributed by atoms with Crippen molar-refractivity contribution in [1.82, 2.24) is 14.6 Å². The van der Waals surface area contributed by atoms with Crippen LogP contribution in [0.1, 0.15) is 45.2 Å². The van der Waals surface area contributed by atoms with Gasteiger partial charge in [-0.05, 0) is 31.4 Å². The Balaban J connectivity index is 2.05.